The van der Waals surface area contributed by atoms with Crippen LogP contribution in [0.1, 0.15) is 13.8 Å². The maximum absolute atomic E-state index is 5.25. The summed E-state index contributed by atoms with van der Waals surface area (Å²) in [4.78, 5) is 0. The van der Waals surface area contributed by atoms with Crippen molar-refractivity contribution in [3.63, 3.8) is 0 Å². The van der Waals surface area contributed by atoms with E-state index in [1.54, 1.807) is 7.11 Å². The molecular weight excluding hydrogens is 138 g/mol. The summed E-state index contributed by atoms with van der Waals surface area (Å²) >= 11 is 0. The Morgan fingerprint density at radius 1 is 1.55 bits per heavy atom. The molecule has 64 valence electrons. The molecule has 0 aliphatic carbocycles. The lowest BCUT2D eigenvalue weighted by molar-refractivity contribution is 0.182. The monoisotopic (exact) mass is 155 g/mol. The van der Waals surface area contributed by atoms with E-state index in [1.807, 2.05) is 0 Å². The van der Waals surface area contributed by atoms with Gasteiger partial charge < -0.3 is 10.1 Å². The van der Waals surface area contributed by atoms with E-state index in [4.69, 9.17) is 11.2 Å². The van der Waals surface area contributed by atoms with E-state index >= 15 is 0 Å². The van der Waals surface area contributed by atoms with Crippen molar-refractivity contribution >= 4 is 0 Å². The average Bonchev–Trinajstić information content (AvgIpc) is 1.97. The first kappa shape index (κ1) is 10.5. The van der Waals surface area contributed by atoms with E-state index in [2.05, 4.69) is 25.1 Å². The molecule has 2 nitrogen and oxygen atoms in total. The second kappa shape index (κ2) is 6.21. The van der Waals surface area contributed by atoms with Gasteiger partial charge in [0.15, 0.2) is 0 Å². The maximum atomic E-state index is 5.25. The van der Waals surface area contributed by atoms with E-state index in [9.17, 15) is 0 Å². The highest BCUT2D eigenvalue weighted by Gasteiger charge is 2.02. The molecule has 0 fully saturated rings. The highest BCUT2D eigenvalue weighted by atomic mass is 16.5. The van der Waals surface area contributed by atoms with E-state index in [0.29, 0.717) is 12.5 Å². The summed E-state index contributed by atoms with van der Waals surface area (Å²) in [7, 11) is 1.65. The standard InChI is InChI=1S/C9H17NO/c1-5-9(7-11-4)10-6-8(2)3/h1,8-10H,6-7H2,2-4H3/t9-/m0/s1. The van der Waals surface area contributed by atoms with E-state index in [0.717, 1.165) is 6.54 Å². The van der Waals surface area contributed by atoms with Crippen LogP contribution in [-0.4, -0.2) is 26.3 Å². The number of nitrogens with one attached hydrogen (secondary N) is 1. The molecule has 0 unspecified atom stereocenters. The summed E-state index contributed by atoms with van der Waals surface area (Å²) in [5, 5.41) is 3.21. The minimum atomic E-state index is 0.0578. The molecule has 0 heterocycles. The molecule has 0 saturated heterocycles. The Kier molecular flexibility index (Phi) is 5.91. The first-order chi connectivity index (χ1) is 5.20. The Morgan fingerprint density at radius 3 is 2.55 bits per heavy atom. The molecule has 0 aliphatic rings. The van der Waals surface area contributed by atoms with Gasteiger partial charge in [0.1, 0.15) is 0 Å². The van der Waals surface area contributed by atoms with Crippen LogP contribution >= 0.6 is 0 Å². The number of hydrogen-bond donors (Lipinski definition) is 1. The fourth-order valence-electron chi connectivity index (χ4n) is 0.711. The molecular formula is C9H17NO. The minimum absolute atomic E-state index is 0.0578. The molecule has 0 aromatic heterocycles. The topological polar surface area (TPSA) is 21.3 Å². The fraction of sp³-hybridized carbons (Fsp3) is 0.778. The van der Waals surface area contributed by atoms with Gasteiger partial charge in [0, 0.05) is 7.11 Å². The summed E-state index contributed by atoms with van der Waals surface area (Å²) < 4.78 is 4.92. The van der Waals surface area contributed by atoms with Crippen LogP contribution < -0.4 is 5.32 Å². The van der Waals surface area contributed by atoms with Gasteiger partial charge in [-0.05, 0) is 12.5 Å². The van der Waals surface area contributed by atoms with Crippen LogP contribution in [0.25, 0.3) is 0 Å². The van der Waals surface area contributed by atoms with Crippen molar-refractivity contribution in [2.75, 3.05) is 20.3 Å². The lowest BCUT2D eigenvalue weighted by Crippen LogP contribution is -2.34. The number of methoxy groups -OCH3 is 1. The molecule has 2 heteroatoms. The van der Waals surface area contributed by atoms with Gasteiger partial charge in [0.05, 0.1) is 12.6 Å². The number of terminal acetylenes is 1. The Labute approximate surface area is 69.3 Å². The molecule has 0 radical (unpaired) electrons. The zero-order valence-corrected chi connectivity index (χ0v) is 7.55. The quantitative estimate of drug-likeness (QED) is 0.595. The van der Waals surface area contributed by atoms with Crippen LogP contribution in [0.15, 0.2) is 0 Å². The minimum Gasteiger partial charge on any atom is -0.382 e. The molecule has 0 aromatic carbocycles. The largest absolute Gasteiger partial charge is 0.382 e. The molecule has 0 spiro atoms. The van der Waals surface area contributed by atoms with Crippen LogP contribution in [0.5, 0.6) is 0 Å². The highest BCUT2D eigenvalue weighted by molar-refractivity contribution is 4.98. The van der Waals surface area contributed by atoms with Crippen molar-refractivity contribution < 1.29 is 4.74 Å². The van der Waals surface area contributed by atoms with E-state index in [1.165, 1.54) is 0 Å². The maximum Gasteiger partial charge on any atom is 0.0923 e. The van der Waals surface area contributed by atoms with Gasteiger partial charge in [-0.3, -0.25) is 0 Å². The summed E-state index contributed by atoms with van der Waals surface area (Å²) in [5.74, 6) is 3.25. The number of rotatable bonds is 5. The third-order valence-corrected chi connectivity index (χ3v) is 1.31. The Morgan fingerprint density at radius 2 is 2.18 bits per heavy atom. The van der Waals surface area contributed by atoms with Crippen LogP contribution in [0.4, 0.5) is 0 Å². The summed E-state index contributed by atoms with van der Waals surface area (Å²) in [5.41, 5.74) is 0. The summed E-state index contributed by atoms with van der Waals surface area (Å²) in [6, 6.07) is 0.0578. The lowest BCUT2D eigenvalue weighted by atomic mass is 10.2. The van der Waals surface area contributed by atoms with Crippen molar-refractivity contribution in [1.82, 2.24) is 5.32 Å². The average molecular weight is 155 g/mol. The van der Waals surface area contributed by atoms with Crippen LogP contribution in [-0.2, 0) is 4.74 Å². The van der Waals surface area contributed by atoms with E-state index in [-0.39, 0.29) is 6.04 Å². The van der Waals surface area contributed by atoms with Crippen LogP contribution in [0.3, 0.4) is 0 Å². The number of ether oxygens (including phenoxy) is 1. The molecule has 1 atom stereocenters. The second-order valence-electron chi connectivity index (χ2n) is 2.98. The van der Waals surface area contributed by atoms with Gasteiger partial charge in [-0.25, -0.2) is 0 Å². The second-order valence-corrected chi connectivity index (χ2v) is 2.98. The summed E-state index contributed by atoms with van der Waals surface area (Å²) in [6.45, 7) is 5.82. The van der Waals surface area contributed by atoms with Gasteiger partial charge >= 0.3 is 0 Å². The van der Waals surface area contributed by atoms with Gasteiger partial charge in [-0.15, -0.1) is 6.42 Å². The van der Waals surface area contributed by atoms with Gasteiger partial charge in [0.25, 0.3) is 0 Å². The third kappa shape index (κ3) is 5.90. The van der Waals surface area contributed by atoms with Crippen molar-refractivity contribution in [3.8, 4) is 12.3 Å². The van der Waals surface area contributed by atoms with Crippen molar-refractivity contribution in [1.29, 1.82) is 0 Å². The SMILES string of the molecule is C#C[C@@H](COC)NCC(C)C. The normalized spacial score (nSPS) is 13.0. The Hall–Kier alpha value is -0.520. The fourth-order valence-corrected chi connectivity index (χ4v) is 0.711. The number of hydrogen-bond acceptors (Lipinski definition) is 2. The lowest BCUT2D eigenvalue weighted by Gasteiger charge is -2.13. The van der Waals surface area contributed by atoms with Gasteiger partial charge in [-0.1, -0.05) is 19.8 Å². The smallest absolute Gasteiger partial charge is 0.0923 e. The molecule has 0 saturated carbocycles. The zero-order valence-electron chi connectivity index (χ0n) is 7.55. The van der Waals surface area contributed by atoms with Crippen molar-refractivity contribution in [3.05, 3.63) is 0 Å². The first-order valence-corrected chi connectivity index (χ1v) is 3.89. The summed E-state index contributed by atoms with van der Waals surface area (Å²) in [6.07, 6.45) is 5.25. The molecule has 0 amide bonds. The zero-order chi connectivity index (χ0) is 8.69. The van der Waals surface area contributed by atoms with Gasteiger partial charge in [-0.2, -0.15) is 0 Å². The molecule has 0 rings (SSSR count). The van der Waals surface area contributed by atoms with Crippen LogP contribution in [0.2, 0.25) is 0 Å². The molecule has 0 bridgehead atoms. The predicted molar refractivity (Wildman–Crippen MR) is 47.3 cm³/mol. The Balaban J connectivity index is 3.46. The molecule has 0 aliphatic heterocycles. The third-order valence-electron chi connectivity index (χ3n) is 1.31. The van der Waals surface area contributed by atoms with Crippen LogP contribution in [0, 0.1) is 18.3 Å². The first-order valence-electron chi connectivity index (χ1n) is 3.89. The molecule has 0 aromatic rings. The van der Waals surface area contributed by atoms with Crippen molar-refractivity contribution in [2.24, 2.45) is 5.92 Å². The van der Waals surface area contributed by atoms with Crippen molar-refractivity contribution in [2.45, 2.75) is 19.9 Å². The van der Waals surface area contributed by atoms with Gasteiger partial charge in [0.2, 0.25) is 0 Å². The Bertz CT molecular complexity index is 126. The molecule has 11 heavy (non-hydrogen) atoms. The van der Waals surface area contributed by atoms with E-state index < -0.39 is 0 Å². The predicted octanol–water partition coefficient (Wildman–Crippen LogP) is 0.880. The molecule has 1 N–H and O–H groups in total. The highest BCUT2D eigenvalue weighted by Crippen LogP contribution is 1.89.